The summed E-state index contributed by atoms with van der Waals surface area (Å²) < 4.78 is 0. The van der Waals surface area contributed by atoms with E-state index in [2.05, 4.69) is 261 Å². The third-order valence-corrected chi connectivity index (χ3v) is 25.2. The molecule has 0 aromatic rings. The molecule has 0 aromatic heterocycles. The van der Waals surface area contributed by atoms with Crippen LogP contribution in [-0.2, 0) is 0 Å². The van der Waals surface area contributed by atoms with Gasteiger partial charge in [0.1, 0.15) is 0 Å². The van der Waals surface area contributed by atoms with Crippen molar-refractivity contribution < 1.29 is 5.11 Å². The van der Waals surface area contributed by atoms with Crippen molar-refractivity contribution in [2.75, 3.05) is 6.61 Å². The molecule has 0 bridgehead atoms. The van der Waals surface area contributed by atoms with Gasteiger partial charge in [-0.05, 0) is 395 Å². The molecule has 0 spiro atoms. The monoisotopic (exact) mass is 1660 g/mol. The molecule has 1 nitrogen and oxygen atoms in total. The van der Waals surface area contributed by atoms with Crippen molar-refractivity contribution in [3.63, 3.8) is 0 Å². The lowest BCUT2D eigenvalue weighted by Gasteiger charge is -2.05. The van der Waals surface area contributed by atoms with Crippen molar-refractivity contribution in [3.8, 4) is 0 Å². The zero-order valence-corrected chi connectivity index (χ0v) is 84.7. The van der Waals surface area contributed by atoms with Crippen molar-refractivity contribution in [2.24, 2.45) is 0 Å². The van der Waals surface area contributed by atoms with E-state index in [1.807, 2.05) is 6.08 Å². The molecule has 121 heavy (non-hydrogen) atoms. The first-order chi connectivity index (χ1) is 58.3. The number of aliphatic hydroxyl groups excluding tert-OH is 1. The van der Waals surface area contributed by atoms with Gasteiger partial charge >= 0.3 is 0 Å². The first kappa shape index (κ1) is 116. The molecule has 688 valence electrons. The van der Waals surface area contributed by atoms with E-state index in [1.165, 1.54) is 320 Å². The van der Waals surface area contributed by atoms with E-state index in [9.17, 15) is 0 Å². The van der Waals surface area contributed by atoms with Crippen LogP contribution in [0, 0.1) is 0 Å². The SMILES string of the molecule is CCCCCCCCCCCCCCCCCCCCC/C(C)=C/CC/C(C)=C/CC/C(C)=C/CC/C(C)=C/CC/C(C)=C/CC/C(C)=C/CC/C(C)=C/CC/C(C)=C/CC/C(C)=C/CC/C(C)=C/CC/C(C)=C/CC/C(C)=C/CC/C(C)=C/CC/C(C)=C/CC/C(C)=C/CC/C(C)=C/CC/C(C)=C/CC/C(C)=C/CC/C(C)=C/CC/C(C)=C/CO. The Bertz CT molecular complexity index is 3290. The lowest BCUT2D eigenvalue weighted by Crippen LogP contribution is -1.85. The smallest absolute Gasteiger partial charge is 0.0614 e. The van der Waals surface area contributed by atoms with Crippen molar-refractivity contribution in [2.45, 2.75) is 518 Å². The molecular weight excluding hydrogens is 1460 g/mol. The lowest BCUT2D eigenvalue weighted by molar-refractivity contribution is 0.341. The number of hydrogen-bond donors (Lipinski definition) is 1. The minimum absolute atomic E-state index is 0.146. The highest BCUT2D eigenvalue weighted by Gasteiger charge is 2.05. The van der Waals surface area contributed by atoms with Gasteiger partial charge < -0.3 is 5.11 Å². The predicted molar refractivity (Wildman–Crippen MR) is 556 cm³/mol. The number of rotatable bonds is 78. The van der Waals surface area contributed by atoms with E-state index in [1.54, 1.807) is 22.3 Å². The summed E-state index contributed by atoms with van der Waals surface area (Å²) >= 11 is 0. The van der Waals surface area contributed by atoms with Gasteiger partial charge in [0.05, 0.1) is 6.61 Å². The summed E-state index contributed by atoms with van der Waals surface area (Å²) in [6.07, 6.45) is 122. The molecule has 0 aliphatic carbocycles. The number of hydrogen-bond acceptors (Lipinski definition) is 1. The van der Waals surface area contributed by atoms with Crippen LogP contribution in [-0.4, -0.2) is 11.7 Å². The average Bonchev–Trinajstić information content (AvgIpc) is 0.932. The Kier molecular flexibility index (Phi) is 79.4. The van der Waals surface area contributed by atoms with Gasteiger partial charge in [-0.2, -0.15) is 0 Å². The minimum Gasteiger partial charge on any atom is -0.392 e. The molecule has 0 atom stereocenters. The first-order valence-electron chi connectivity index (χ1n) is 51.0. The number of unbranched alkanes of at least 4 members (excludes halogenated alkanes) is 18. The van der Waals surface area contributed by atoms with E-state index in [-0.39, 0.29) is 6.61 Å². The lowest BCUT2D eigenvalue weighted by atomic mass is 10.0. The Hall–Kier alpha value is -5.24. The second-order valence-electron chi connectivity index (χ2n) is 38.5. The van der Waals surface area contributed by atoms with E-state index < -0.39 is 0 Å². The van der Waals surface area contributed by atoms with Crippen LogP contribution in [0.3, 0.4) is 0 Å². The molecule has 0 rings (SSSR count). The molecule has 0 heterocycles. The van der Waals surface area contributed by atoms with E-state index in [0.29, 0.717) is 0 Å². The predicted octanol–water partition coefficient (Wildman–Crippen LogP) is 41.6. The maximum atomic E-state index is 9.05. The summed E-state index contributed by atoms with van der Waals surface area (Å²) in [6.45, 7) is 48.7. The number of aliphatic hydroxyl groups is 1. The zero-order chi connectivity index (χ0) is 89.4. The Morgan fingerprint density at radius 2 is 0.215 bits per heavy atom. The van der Waals surface area contributed by atoms with Gasteiger partial charge in [0, 0.05) is 0 Å². The average molecular weight is 1660 g/mol. The highest BCUT2D eigenvalue weighted by molar-refractivity contribution is 5.16. The molecule has 0 aromatic carbocycles. The highest BCUT2D eigenvalue weighted by atomic mass is 16.2. The van der Waals surface area contributed by atoms with Gasteiger partial charge in [-0.25, -0.2) is 0 Å². The van der Waals surface area contributed by atoms with Crippen LogP contribution in [0.25, 0.3) is 0 Å². The maximum Gasteiger partial charge on any atom is 0.0614 e. The second-order valence-corrected chi connectivity index (χ2v) is 38.5. The van der Waals surface area contributed by atoms with Crippen molar-refractivity contribution in [3.05, 3.63) is 233 Å². The molecule has 0 amide bonds. The molecule has 0 aliphatic rings. The third kappa shape index (κ3) is 82.8. The third-order valence-electron chi connectivity index (χ3n) is 25.2. The van der Waals surface area contributed by atoms with Crippen LogP contribution in [0.5, 0.6) is 0 Å². The molecule has 0 saturated carbocycles. The van der Waals surface area contributed by atoms with Gasteiger partial charge in [0.25, 0.3) is 0 Å². The standard InChI is InChI=1S/C120H202O/c1-22-23-24-25-26-27-28-29-30-31-32-33-34-35-36-37-38-39-40-60-101(2)61-41-62-102(3)63-42-64-103(4)65-43-66-104(5)67-44-68-105(6)69-45-70-106(7)71-46-72-107(8)73-47-74-108(9)75-48-76-109(10)77-49-78-110(11)79-50-80-111(12)81-51-82-112(13)83-52-84-113(14)85-53-86-114(15)87-54-88-115(16)89-55-90-116(17)91-56-92-117(18)93-57-94-118(19)95-58-96-119(20)97-59-98-120(21)99-100-121/h61,63,65,67,69,71,73,75,77,79,81,83,85,87,89,91,93,95,97,99,121H,22-60,62,64,66,68,70,72,74,76,78,80,82,84,86,88,90,92,94,96,98,100H2,1-21H3/b101-61+,102-63+,103-65+,104-67+,105-69+,106-71+,107-73+,108-75+,109-77+,110-79+,111-81+,112-83+,113-85+,114-87+,115-89+,116-91+,117-93+,118-95+,119-97+,120-99+. The summed E-state index contributed by atoms with van der Waals surface area (Å²) in [7, 11) is 0. The molecule has 0 saturated heterocycles. The molecular formula is C120H202O. The molecule has 0 unspecified atom stereocenters. The number of allylic oxidation sites excluding steroid dienone is 39. The van der Waals surface area contributed by atoms with Crippen molar-refractivity contribution >= 4 is 0 Å². The Morgan fingerprint density at radius 1 is 0.124 bits per heavy atom. The van der Waals surface area contributed by atoms with Gasteiger partial charge in [-0.3, -0.25) is 0 Å². The van der Waals surface area contributed by atoms with E-state index in [4.69, 9.17) is 5.11 Å². The van der Waals surface area contributed by atoms with Gasteiger partial charge in [0.15, 0.2) is 0 Å². The molecule has 0 aliphatic heterocycles. The Balaban J connectivity index is 4.28. The van der Waals surface area contributed by atoms with Crippen LogP contribution in [0.1, 0.15) is 518 Å². The van der Waals surface area contributed by atoms with E-state index >= 15 is 0 Å². The van der Waals surface area contributed by atoms with Gasteiger partial charge in [0.2, 0.25) is 0 Å². The van der Waals surface area contributed by atoms with E-state index in [0.717, 1.165) is 141 Å². The fraction of sp³-hybridized carbons (Fsp3) is 0.667. The second kappa shape index (κ2) is 83.0. The normalized spacial score (nSPS) is 15.0. The highest BCUT2D eigenvalue weighted by Crippen LogP contribution is 2.25. The molecule has 1 N–H and O–H groups in total. The van der Waals surface area contributed by atoms with Crippen LogP contribution in [0.2, 0.25) is 0 Å². The largest absolute Gasteiger partial charge is 0.392 e. The summed E-state index contributed by atoms with van der Waals surface area (Å²) in [6, 6.07) is 0. The van der Waals surface area contributed by atoms with Crippen LogP contribution >= 0.6 is 0 Å². The zero-order valence-electron chi connectivity index (χ0n) is 84.7. The first-order valence-corrected chi connectivity index (χ1v) is 51.0. The molecule has 0 fully saturated rings. The molecule has 0 radical (unpaired) electrons. The topological polar surface area (TPSA) is 20.2 Å². The fourth-order valence-electron chi connectivity index (χ4n) is 16.1. The summed E-state index contributed by atoms with van der Waals surface area (Å²) in [5.41, 5.74) is 30.4. The minimum atomic E-state index is 0.146. The summed E-state index contributed by atoms with van der Waals surface area (Å²) in [5, 5.41) is 9.05. The van der Waals surface area contributed by atoms with Crippen LogP contribution < -0.4 is 0 Å². The maximum absolute atomic E-state index is 9.05. The van der Waals surface area contributed by atoms with Crippen molar-refractivity contribution in [1.82, 2.24) is 0 Å². The van der Waals surface area contributed by atoms with Crippen molar-refractivity contribution in [1.29, 1.82) is 0 Å². The summed E-state index contributed by atoms with van der Waals surface area (Å²) in [4.78, 5) is 0. The Labute approximate surface area is 757 Å². The van der Waals surface area contributed by atoms with Gasteiger partial charge in [-0.1, -0.05) is 355 Å². The fourth-order valence-corrected chi connectivity index (χ4v) is 16.1. The van der Waals surface area contributed by atoms with Crippen LogP contribution in [0.4, 0.5) is 0 Å². The summed E-state index contributed by atoms with van der Waals surface area (Å²) in [5.74, 6) is 0. The quantitative estimate of drug-likeness (QED) is 0.0475. The molecule has 1 heteroatoms. The Morgan fingerprint density at radius 3 is 0.322 bits per heavy atom. The van der Waals surface area contributed by atoms with Crippen LogP contribution in [0.15, 0.2) is 233 Å². The van der Waals surface area contributed by atoms with Gasteiger partial charge in [-0.15, -0.1) is 0 Å².